The van der Waals surface area contributed by atoms with Gasteiger partial charge in [0.2, 0.25) is 0 Å². The smallest absolute Gasteiger partial charge is 0.137 e. The van der Waals surface area contributed by atoms with Gasteiger partial charge in [0.25, 0.3) is 0 Å². The summed E-state index contributed by atoms with van der Waals surface area (Å²) in [6.07, 6.45) is 2.72. The van der Waals surface area contributed by atoms with Crippen LogP contribution in [0.3, 0.4) is 0 Å². The molecule has 0 saturated carbocycles. The molecule has 0 N–H and O–H groups in total. The Balaban J connectivity index is 3.81. The zero-order chi connectivity index (χ0) is 11.0. The number of carbonyl (C=O) groups is 1. The van der Waals surface area contributed by atoms with Crippen LogP contribution in [0.5, 0.6) is 0 Å². The normalized spacial score (nSPS) is 11.3. The third kappa shape index (κ3) is 4.75. The van der Waals surface area contributed by atoms with Gasteiger partial charge in [0.05, 0.1) is 0 Å². The van der Waals surface area contributed by atoms with E-state index in [0.29, 0.717) is 11.7 Å². The highest BCUT2D eigenvalue weighted by Crippen LogP contribution is 2.11. The van der Waals surface area contributed by atoms with Crippen LogP contribution in [0.4, 0.5) is 0 Å². The Morgan fingerprint density at radius 2 is 1.57 bits per heavy atom. The summed E-state index contributed by atoms with van der Waals surface area (Å²) in [7, 11) is 0. The maximum atomic E-state index is 11.7. The van der Waals surface area contributed by atoms with Gasteiger partial charge in [-0.05, 0) is 25.9 Å². The van der Waals surface area contributed by atoms with E-state index in [0.717, 1.165) is 38.9 Å². The van der Waals surface area contributed by atoms with Crippen LogP contribution in [0.2, 0.25) is 0 Å². The summed E-state index contributed by atoms with van der Waals surface area (Å²) in [5.41, 5.74) is 0. The van der Waals surface area contributed by atoms with Gasteiger partial charge in [-0.3, -0.25) is 4.79 Å². The molecule has 2 nitrogen and oxygen atoms in total. The molecule has 0 heterocycles. The Kier molecular flexibility index (Phi) is 7.77. The van der Waals surface area contributed by atoms with Crippen LogP contribution in [-0.4, -0.2) is 30.3 Å². The number of rotatable bonds is 8. The number of hydrogen-bond acceptors (Lipinski definition) is 2. The van der Waals surface area contributed by atoms with Crippen molar-refractivity contribution < 1.29 is 4.79 Å². The maximum absolute atomic E-state index is 11.7. The van der Waals surface area contributed by atoms with E-state index in [2.05, 4.69) is 32.6 Å². The van der Waals surface area contributed by atoms with Gasteiger partial charge in [0.1, 0.15) is 5.78 Å². The van der Waals surface area contributed by atoms with E-state index in [1.165, 1.54) is 0 Å². The first kappa shape index (κ1) is 13.6. The molecule has 0 aliphatic heterocycles. The Labute approximate surface area is 88.7 Å². The zero-order valence-corrected chi connectivity index (χ0v) is 10.2. The molecule has 0 aliphatic carbocycles. The van der Waals surface area contributed by atoms with Crippen LogP contribution in [-0.2, 0) is 4.79 Å². The standard InChI is InChI=1S/C12H25NO/c1-5-11(6-2)12(14)9-10-13(7-3)8-4/h11H,5-10H2,1-4H3. The fraction of sp³-hybridized carbons (Fsp3) is 0.917. The molecule has 0 unspecified atom stereocenters. The summed E-state index contributed by atoms with van der Waals surface area (Å²) in [4.78, 5) is 14.0. The van der Waals surface area contributed by atoms with E-state index in [9.17, 15) is 4.79 Å². The molecule has 0 spiro atoms. The second-order valence-corrected chi connectivity index (χ2v) is 3.76. The van der Waals surface area contributed by atoms with Crippen molar-refractivity contribution in [2.75, 3.05) is 19.6 Å². The fourth-order valence-corrected chi connectivity index (χ4v) is 1.76. The molecular weight excluding hydrogens is 174 g/mol. The summed E-state index contributed by atoms with van der Waals surface area (Å²) in [6, 6.07) is 0. The lowest BCUT2D eigenvalue weighted by Gasteiger charge is -2.18. The highest BCUT2D eigenvalue weighted by atomic mass is 16.1. The van der Waals surface area contributed by atoms with Crippen LogP contribution in [0, 0.1) is 5.92 Å². The summed E-state index contributed by atoms with van der Waals surface area (Å²) >= 11 is 0. The molecule has 0 fully saturated rings. The molecule has 0 aromatic carbocycles. The van der Waals surface area contributed by atoms with Crippen molar-refractivity contribution in [3.63, 3.8) is 0 Å². The number of hydrogen-bond donors (Lipinski definition) is 0. The molecule has 0 amide bonds. The van der Waals surface area contributed by atoms with Crippen molar-refractivity contribution in [2.45, 2.75) is 47.0 Å². The highest BCUT2D eigenvalue weighted by Gasteiger charge is 2.14. The Bertz CT molecular complexity index is 148. The van der Waals surface area contributed by atoms with Crippen molar-refractivity contribution in [3.05, 3.63) is 0 Å². The van der Waals surface area contributed by atoms with Crippen molar-refractivity contribution in [1.29, 1.82) is 0 Å². The first-order valence-corrected chi connectivity index (χ1v) is 5.94. The first-order valence-electron chi connectivity index (χ1n) is 5.94. The Morgan fingerprint density at radius 1 is 1.07 bits per heavy atom. The highest BCUT2D eigenvalue weighted by molar-refractivity contribution is 5.81. The van der Waals surface area contributed by atoms with E-state index < -0.39 is 0 Å². The predicted octanol–water partition coefficient (Wildman–Crippen LogP) is 2.72. The van der Waals surface area contributed by atoms with Gasteiger partial charge in [-0.15, -0.1) is 0 Å². The lowest BCUT2D eigenvalue weighted by molar-refractivity contribution is -0.123. The summed E-state index contributed by atoms with van der Waals surface area (Å²) in [6.45, 7) is 11.5. The number of ketones is 1. The third-order valence-electron chi connectivity index (χ3n) is 3.01. The van der Waals surface area contributed by atoms with Crippen molar-refractivity contribution >= 4 is 5.78 Å². The number of carbonyl (C=O) groups excluding carboxylic acids is 1. The van der Waals surface area contributed by atoms with E-state index >= 15 is 0 Å². The van der Waals surface area contributed by atoms with E-state index in [1.54, 1.807) is 0 Å². The molecule has 0 saturated heterocycles. The molecule has 0 radical (unpaired) electrons. The van der Waals surface area contributed by atoms with E-state index in [1.807, 2.05) is 0 Å². The molecule has 84 valence electrons. The minimum absolute atomic E-state index is 0.297. The lowest BCUT2D eigenvalue weighted by Crippen LogP contribution is -2.27. The fourth-order valence-electron chi connectivity index (χ4n) is 1.76. The molecule has 0 rings (SSSR count). The summed E-state index contributed by atoms with van der Waals surface area (Å²) in [5, 5.41) is 0. The maximum Gasteiger partial charge on any atom is 0.137 e. The van der Waals surface area contributed by atoms with Gasteiger partial charge < -0.3 is 4.90 Å². The molecule has 0 aliphatic rings. The van der Waals surface area contributed by atoms with Crippen molar-refractivity contribution in [2.24, 2.45) is 5.92 Å². The van der Waals surface area contributed by atoms with Gasteiger partial charge >= 0.3 is 0 Å². The van der Waals surface area contributed by atoms with Crippen LogP contribution >= 0.6 is 0 Å². The predicted molar refractivity (Wildman–Crippen MR) is 61.5 cm³/mol. The van der Waals surface area contributed by atoms with Gasteiger partial charge in [-0.25, -0.2) is 0 Å². The third-order valence-corrected chi connectivity index (χ3v) is 3.01. The Hall–Kier alpha value is -0.370. The van der Waals surface area contributed by atoms with Crippen LogP contribution in [0.25, 0.3) is 0 Å². The van der Waals surface area contributed by atoms with Crippen LogP contribution in [0.1, 0.15) is 47.0 Å². The molecule has 14 heavy (non-hydrogen) atoms. The van der Waals surface area contributed by atoms with Crippen LogP contribution in [0.15, 0.2) is 0 Å². The van der Waals surface area contributed by atoms with E-state index in [4.69, 9.17) is 0 Å². The topological polar surface area (TPSA) is 20.3 Å². The molecule has 0 aromatic rings. The lowest BCUT2D eigenvalue weighted by atomic mass is 9.96. The van der Waals surface area contributed by atoms with Crippen molar-refractivity contribution in [1.82, 2.24) is 4.90 Å². The van der Waals surface area contributed by atoms with E-state index in [-0.39, 0.29) is 0 Å². The summed E-state index contributed by atoms with van der Waals surface area (Å²) in [5.74, 6) is 0.743. The molecular formula is C12H25NO. The second-order valence-electron chi connectivity index (χ2n) is 3.76. The molecule has 0 bridgehead atoms. The average molecular weight is 199 g/mol. The first-order chi connectivity index (χ1) is 6.69. The Morgan fingerprint density at radius 3 is 1.93 bits per heavy atom. The second kappa shape index (κ2) is 7.98. The zero-order valence-electron chi connectivity index (χ0n) is 10.2. The van der Waals surface area contributed by atoms with Crippen LogP contribution < -0.4 is 0 Å². The quantitative estimate of drug-likeness (QED) is 0.599. The molecule has 0 atom stereocenters. The van der Waals surface area contributed by atoms with Gasteiger partial charge in [-0.1, -0.05) is 27.7 Å². The average Bonchev–Trinajstić information content (AvgIpc) is 2.21. The minimum Gasteiger partial charge on any atom is -0.303 e. The van der Waals surface area contributed by atoms with Gasteiger partial charge in [-0.2, -0.15) is 0 Å². The number of nitrogens with zero attached hydrogens (tertiary/aromatic N) is 1. The largest absolute Gasteiger partial charge is 0.303 e. The van der Waals surface area contributed by atoms with Crippen molar-refractivity contribution in [3.8, 4) is 0 Å². The molecule has 0 aromatic heterocycles. The SMILES string of the molecule is CCC(CC)C(=O)CCN(CC)CC. The van der Waals surface area contributed by atoms with Gasteiger partial charge in [0.15, 0.2) is 0 Å². The summed E-state index contributed by atoms with van der Waals surface area (Å²) < 4.78 is 0. The monoisotopic (exact) mass is 199 g/mol. The molecule has 2 heteroatoms. The minimum atomic E-state index is 0.297. The number of Topliss-reactive ketones (excluding diaryl/α,β-unsaturated/α-hetero) is 1. The van der Waals surface area contributed by atoms with Gasteiger partial charge in [0, 0.05) is 18.9 Å².